The van der Waals surface area contributed by atoms with Crippen LogP contribution in [0.3, 0.4) is 0 Å². The minimum Gasteiger partial charge on any atom is -0.478 e. The molecular weight excluding hydrogens is 292 g/mol. The topological polar surface area (TPSA) is 92.4 Å². The average Bonchev–Trinajstić information content (AvgIpc) is 2.43. The molecule has 0 saturated carbocycles. The molecule has 2 aromatic carbocycles. The second-order valence-corrected chi connectivity index (χ2v) is 4.96. The van der Waals surface area contributed by atoms with Gasteiger partial charge in [-0.15, -0.1) is 0 Å². The molecule has 0 atom stereocenters. The van der Waals surface area contributed by atoms with Crippen LogP contribution in [0.25, 0.3) is 0 Å². The van der Waals surface area contributed by atoms with Gasteiger partial charge in [-0.3, -0.25) is 4.79 Å². The quantitative estimate of drug-likeness (QED) is 0.759. The first-order chi connectivity index (χ1) is 9.88. The van der Waals surface area contributed by atoms with Gasteiger partial charge >= 0.3 is 5.97 Å². The number of halogens is 1. The van der Waals surface area contributed by atoms with Crippen LogP contribution in [0.5, 0.6) is 0 Å². The Hall–Kier alpha value is -2.53. The zero-order chi connectivity index (χ0) is 15.6. The Morgan fingerprint density at radius 2 is 1.86 bits per heavy atom. The van der Waals surface area contributed by atoms with Crippen LogP contribution in [0.1, 0.15) is 26.3 Å². The molecule has 2 rings (SSSR count). The van der Waals surface area contributed by atoms with E-state index in [0.29, 0.717) is 16.3 Å². The van der Waals surface area contributed by atoms with Crippen molar-refractivity contribution in [2.24, 2.45) is 0 Å². The monoisotopic (exact) mass is 304 g/mol. The fourth-order valence-corrected chi connectivity index (χ4v) is 2.05. The van der Waals surface area contributed by atoms with Gasteiger partial charge in [0.15, 0.2) is 0 Å². The predicted octanol–water partition coefficient (Wildman–Crippen LogP) is 3.18. The number of carbonyl (C=O) groups excluding carboxylic acids is 1. The molecule has 0 aliphatic rings. The number of nitrogen functional groups attached to an aromatic ring is 1. The van der Waals surface area contributed by atoms with E-state index in [1.165, 1.54) is 24.3 Å². The van der Waals surface area contributed by atoms with E-state index in [4.69, 9.17) is 22.4 Å². The molecule has 2 aromatic rings. The molecule has 4 N–H and O–H groups in total. The molecule has 1 amide bonds. The molecule has 0 bridgehead atoms. The highest BCUT2D eigenvalue weighted by Gasteiger charge is 2.15. The van der Waals surface area contributed by atoms with Gasteiger partial charge in [-0.25, -0.2) is 4.79 Å². The second-order valence-electron chi connectivity index (χ2n) is 4.52. The molecule has 0 fully saturated rings. The van der Waals surface area contributed by atoms with Crippen molar-refractivity contribution in [1.29, 1.82) is 0 Å². The van der Waals surface area contributed by atoms with Gasteiger partial charge in [0.25, 0.3) is 5.91 Å². The maximum Gasteiger partial charge on any atom is 0.337 e. The van der Waals surface area contributed by atoms with E-state index in [2.05, 4.69) is 5.32 Å². The highest BCUT2D eigenvalue weighted by molar-refractivity contribution is 6.31. The molecule has 0 aliphatic heterocycles. The van der Waals surface area contributed by atoms with Gasteiger partial charge in [0, 0.05) is 16.3 Å². The maximum absolute atomic E-state index is 12.3. The van der Waals surface area contributed by atoms with Crippen LogP contribution in [0.15, 0.2) is 36.4 Å². The van der Waals surface area contributed by atoms with E-state index in [1.54, 1.807) is 19.1 Å². The number of rotatable bonds is 3. The van der Waals surface area contributed by atoms with Crippen LogP contribution in [0.4, 0.5) is 11.4 Å². The third kappa shape index (κ3) is 3.32. The van der Waals surface area contributed by atoms with Crippen LogP contribution in [-0.4, -0.2) is 17.0 Å². The van der Waals surface area contributed by atoms with Crippen LogP contribution in [-0.2, 0) is 0 Å². The number of nitrogens with one attached hydrogen (secondary N) is 1. The number of nitrogens with two attached hydrogens (primary N) is 1. The Kier molecular flexibility index (Phi) is 4.14. The summed E-state index contributed by atoms with van der Waals surface area (Å²) in [6.45, 7) is 1.77. The summed E-state index contributed by atoms with van der Waals surface area (Å²) in [4.78, 5) is 23.4. The summed E-state index contributed by atoms with van der Waals surface area (Å²) in [5.41, 5.74) is 7.11. The number of aromatic carboxylic acids is 1. The first-order valence-electron chi connectivity index (χ1n) is 6.09. The van der Waals surface area contributed by atoms with Crippen molar-refractivity contribution < 1.29 is 14.7 Å². The highest BCUT2D eigenvalue weighted by atomic mass is 35.5. The summed E-state index contributed by atoms with van der Waals surface area (Å²) in [5, 5.41) is 12.1. The van der Waals surface area contributed by atoms with Gasteiger partial charge in [-0.1, -0.05) is 17.7 Å². The van der Waals surface area contributed by atoms with E-state index in [-0.39, 0.29) is 11.3 Å². The number of carboxylic acids is 1. The lowest BCUT2D eigenvalue weighted by molar-refractivity contribution is 0.0698. The predicted molar refractivity (Wildman–Crippen MR) is 82.0 cm³/mol. The summed E-state index contributed by atoms with van der Waals surface area (Å²) >= 11 is 5.88. The Labute approximate surface area is 126 Å². The molecular formula is C15H13ClN2O3. The third-order valence-corrected chi connectivity index (χ3v) is 3.20. The molecule has 5 nitrogen and oxygen atoms in total. The summed E-state index contributed by atoms with van der Waals surface area (Å²) in [7, 11) is 0. The number of anilines is 2. The Morgan fingerprint density at radius 3 is 2.52 bits per heavy atom. The van der Waals surface area contributed by atoms with Gasteiger partial charge < -0.3 is 16.2 Å². The van der Waals surface area contributed by atoms with Gasteiger partial charge in [0.1, 0.15) is 0 Å². The zero-order valence-electron chi connectivity index (χ0n) is 11.2. The number of carbonyl (C=O) groups is 2. The number of aryl methyl sites for hydroxylation is 1. The lowest BCUT2D eigenvalue weighted by atomic mass is 10.1. The minimum absolute atomic E-state index is 0.0666. The first-order valence-corrected chi connectivity index (χ1v) is 6.46. The first kappa shape index (κ1) is 14.9. The molecule has 6 heteroatoms. The Balaban J connectivity index is 2.36. The maximum atomic E-state index is 12.3. The molecule has 0 heterocycles. The number of hydrogen-bond donors (Lipinski definition) is 3. The normalized spacial score (nSPS) is 10.2. The SMILES string of the molecule is Cc1ccc(Cl)cc1C(=O)Nc1ccc(N)cc1C(=O)O. The Morgan fingerprint density at radius 1 is 1.14 bits per heavy atom. The van der Waals surface area contributed by atoms with Crippen molar-refractivity contribution in [3.63, 3.8) is 0 Å². The lowest BCUT2D eigenvalue weighted by Crippen LogP contribution is -2.16. The van der Waals surface area contributed by atoms with Crippen molar-refractivity contribution >= 4 is 34.9 Å². The number of benzene rings is 2. The van der Waals surface area contributed by atoms with E-state index >= 15 is 0 Å². The van der Waals surface area contributed by atoms with Crippen molar-refractivity contribution in [3.05, 3.63) is 58.1 Å². The van der Waals surface area contributed by atoms with E-state index in [9.17, 15) is 9.59 Å². The number of amides is 1. The molecule has 0 spiro atoms. The van der Waals surface area contributed by atoms with Crippen molar-refractivity contribution in [1.82, 2.24) is 0 Å². The standard InChI is InChI=1S/C15H13ClN2O3/c1-8-2-3-9(16)6-11(8)14(19)18-13-5-4-10(17)7-12(13)15(20)21/h2-7H,17H2,1H3,(H,18,19)(H,20,21). The molecule has 0 radical (unpaired) electrons. The molecule has 0 aliphatic carbocycles. The number of carboxylic acid groups (broad SMARTS) is 1. The van der Waals surface area contributed by atoms with Crippen LogP contribution >= 0.6 is 11.6 Å². The average molecular weight is 305 g/mol. The molecule has 108 valence electrons. The van der Waals surface area contributed by atoms with E-state index in [1.807, 2.05) is 0 Å². The minimum atomic E-state index is -1.17. The van der Waals surface area contributed by atoms with Crippen molar-refractivity contribution in [2.75, 3.05) is 11.1 Å². The van der Waals surface area contributed by atoms with Gasteiger partial charge in [0.05, 0.1) is 11.3 Å². The molecule has 0 unspecified atom stereocenters. The Bertz CT molecular complexity index is 729. The summed E-state index contributed by atoms with van der Waals surface area (Å²) in [6.07, 6.45) is 0. The molecule has 21 heavy (non-hydrogen) atoms. The van der Waals surface area contributed by atoms with Crippen LogP contribution < -0.4 is 11.1 Å². The summed E-state index contributed by atoms with van der Waals surface area (Å²) < 4.78 is 0. The summed E-state index contributed by atoms with van der Waals surface area (Å²) in [6, 6.07) is 9.20. The van der Waals surface area contributed by atoms with Crippen molar-refractivity contribution in [2.45, 2.75) is 6.92 Å². The van der Waals surface area contributed by atoms with Gasteiger partial charge in [-0.05, 0) is 42.8 Å². The van der Waals surface area contributed by atoms with E-state index in [0.717, 1.165) is 5.56 Å². The fraction of sp³-hybridized carbons (Fsp3) is 0.0667. The van der Waals surface area contributed by atoms with Gasteiger partial charge in [0.2, 0.25) is 0 Å². The van der Waals surface area contributed by atoms with Crippen LogP contribution in [0, 0.1) is 6.92 Å². The van der Waals surface area contributed by atoms with Gasteiger partial charge in [-0.2, -0.15) is 0 Å². The van der Waals surface area contributed by atoms with Crippen LogP contribution in [0.2, 0.25) is 5.02 Å². The molecule has 0 aromatic heterocycles. The third-order valence-electron chi connectivity index (χ3n) is 2.97. The number of hydrogen-bond acceptors (Lipinski definition) is 3. The highest BCUT2D eigenvalue weighted by Crippen LogP contribution is 2.21. The lowest BCUT2D eigenvalue weighted by Gasteiger charge is -2.11. The van der Waals surface area contributed by atoms with Crippen molar-refractivity contribution in [3.8, 4) is 0 Å². The van der Waals surface area contributed by atoms with E-state index < -0.39 is 11.9 Å². The zero-order valence-corrected chi connectivity index (χ0v) is 11.9. The fourth-order valence-electron chi connectivity index (χ4n) is 1.88. The second kappa shape index (κ2) is 5.85. The summed E-state index contributed by atoms with van der Waals surface area (Å²) in [5.74, 6) is -1.59. The largest absolute Gasteiger partial charge is 0.478 e. The molecule has 0 saturated heterocycles. The smallest absolute Gasteiger partial charge is 0.337 e.